The van der Waals surface area contributed by atoms with Crippen molar-refractivity contribution in [1.29, 1.82) is 0 Å². The Morgan fingerprint density at radius 1 is 1.47 bits per heavy atom. The third kappa shape index (κ3) is 3.08. The molecule has 82 valence electrons. The number of amides is 1. The zero-order valence-corrected chi connectivity index (χ0v) is 8.53. The van der Waals surface area contributed by atoms with Gasteiger partial charge in [-0.2, -0.15) is 0 Å². The van der Waals surface area contributed by atoms with Crippen molar-refractivity contribution >= 4 is 11.9 Å². The van der Waals surface area contributed by atoms with Gasteiger partial charge in [-0.15, -0.1) is 0 Å². The molecule has 0 saturated heterocycles. The molecule has 6 nitrogen and oxygen atoms in total. The van der Waals surface area contributed by atoms with Crippen LogP contribution in [-0.2, 0) is 4.79 Å². The van der Waals surface area contributed by atoms with Gasteiger partial charge in [0.05, 0.1) is 12.1 Å². The summed E-state index contributed by atoms with van der Waals surface area (Å²) in [5.74, 6) is -0.906. The number of nitrogens with zero attached hydrogens (tertiary/aromatic N) is 1. The maximum absolute atomic E-state index is 11.3. The smallest absolute Gasteiger partial charge is 0.307 e. The maximum Gasteiger partial charge on any atom is 0.307 e. The fourth-order valence-corrected chi connectivity index (χ4v) is 0.928. The molecule has 0 fully saturated rings. The van der Waals surface area contributed by atoms with Crippen LogP contribution in [0.25, 0.3) is 0 Å². The minimum atomic E-state index is -0.963. The zero-order chi connectivity index (χ0) is 11.4. The Balaban J connectivity index is 2.50. The van der Waals surface area contributed by atoms with E-state index >= 15 is 0 Å². The molecule has 0 atom stereocenters. The first kappa shape index (κ1) is 11.2. The van der Waals surface area contributed by atoms with Gasteiger partial charge in [0.1, 0.15) is 5.76 Å². The molecule has 1 aromatic rings. The Hall–Kier alpha value is -1.85. The van der Waals surface area contributed by atoms with Crippen molar-refractivity contribution in [2.75, 3.05) is 6.54 Å². The van der Waals surface area contributed by atoms with Gasteiger partial charge >= 0.3 is 11.9 Å². The molecule has 1 aromatic heterocycles. The van der Waals surface area contributed by atoms with E-state index in [2.05, 4.69) is 10.3 Å². The van der Waals surface area contributed by atoms with Crippen LogP contribution >= 0.6 is 0 Å². The molecule has 0 unspecified atom stereocenters. The van der Waals surface area contributed by atoms with Crippen LogP contribution in [0.4, 0.5) is 0 Å². The van der Waals surface area contributed by atoms with Gasteiger partial charge in [-0.3, -0.25) is 9.59 Å². The predicted molar refractivity (Wildman–Crippen MR) is 50.6 cm³/mol. The second kappa shape index (κ2) is 4.59. The van der Waals surface area contributed by atoms with Crippen LogP contribution in [0.2, 0.25) is 0 Å². The van der Waals surface area contributed by atoms with E-state index in [-0.39, 0.29) is 18.9 Å². The maximum atomic E-state index is 11.3. The average Bonchev–Trinajstić information content (AvgIpc) is 2.46. The highest BCUT2D eigenvalue weighted by molar-refractivity contribution is 5.89. The third-order valence-corrected chi connectivity index (χ3v) is 1.85. The molecule has 2 N–H and O–H groups in total. The van der Waals surface area contributed by atoms with E-state index < -0.39 is 11.9 Å². The number of carbonyl (C=O) groups excluding carboxylic acids is 1. The van der Waals surface area contributed by atoms with E-state index in [1.807, 2.05) is 0 Å². The number of oxazole rings is 1. The van der Waals surface area contributed by atoms with Crippen molar-refractivity contribution in [3.8, 4) is 0 Å². The van der Waals surface area contributed by atoms with Crippen LogP contribution in [0.15, 0.2) is 4.42 Å². The van der Waals surface area contributed by atoms with E-state index in [0.29, 0.717) is 11.5 Å². The number of carboxylic acid groups (broad SMARTS) is 1. The predicted octanol–water partition coefficient (Wildman–Crippen LogP) is 0.496. The summed E-state index contributed by atoms with van der Waals surface area (Å²) in [4.78, 5) is 25.4. The monoisotopic (exact) mass is 212 g/mol. The number of aromatic nitrogens is 1. The molecule has 0 radical (unpaired) electrons. The van der Waals surface area contributed by atoms with Crippen molar-refractivity contribution in [2.24, 2.45) is 0 Å². The largest absolute Gasteiger partial charge is 0.481 e. The molecule has 15 heavy (non-hydrogen) atoms. The second-order valence-corrected chi connectivity index (χ2v) is 3.06. The SMILES string of the molecule is Cc1nc(C(=O)NCCC(=O)O)oc1C. The van der Waals surface area contributed by atoms with E-state index in [1.165, 1.54) is 0 Å². The van der Waals surface area contributed by atoms with Gasteiger partial charge in [-0.25, -0.2) is 4.98 Å². The minimum absolute atomic E-state index is 0.0320. The van der Waals surface area contributed by atoms with Crippen molar-refractivity contribution in [1.82, 2.24) is 10.3 Å². The van der Waals surface area contributed by atoms with Gasteiger partial charge < -0.3 is 14.8 Å². The van der Waals surface area contributed by atoms with Crippen LogP contribution < -0.4 is 5.32 Å². The molecule has 0 aliphatic heterocycles. The van der Waals surface area contributed by atoms with Gasteiger partial charge in [0.2, 0.25) is 0 Å². The van der Waals surface area contributed by atoms with Crippen molar-refractivity contribution in [3.05, 3.63) is 17.3 Å². The van der Waals surface area contributed by atoms with Crippen LogP contribution in [0.5, 0.6) is 0 Å². The molecule has 6 heteroatoms. The summed E-state index contributed by atoms with van der Waals surface area (Å²) < 4.78 is 5.06. The van der Waals surface area contributed by atoms with E-state index in [1.54, 1.807) is 13.8 Å². The van der Waals surface area contributed by atoms with E-state index in [4.69, 9.17) is 9.52 Å². The Labute approximate surface area is 86.3 Å². The number of rotatable bonds is 4. The number of carbonyl (C=O) groups is 2. The molecule has 0 bridgehead atoms. The molecular formula is C9H12N2O4. The normalized spacial score (nSPS) is 10.0. The van der Waals surface area contributed by atoms with Gasteiger partial charge in [0.15, 0.2) is 0 Å². The molecule has 0 aromatic carbocycles. The molecule has 0 aliphatic rings. The van der Waals surface area contributed by atoms with E-state index in [0.717, 1.165) is 0 Å². The first-order chi connectivity index (χ1) is 7.00. The molecule has 1 rings (SSSR count). The number of aryl methyl sites for hydroxylation is 2. The third-order valence-electron chi connectivity index (χ3n) is 1.85. The van der Waals surface area contributed by atoms with Crippen molar-refractivity contribution < 1.29 is 19.1 Å². The molecule has 0 aliphatic carbocycles. The van der Waals surface area contributed by atoms with Gasteiger partial charge in [-0.1, -0.05) is 0 Å². The summed E-state index contributed by atoms with van der Waals surface area (Å²) in [7, 11) is 0. The Bertz CT molecular complexity index is 364. The quantitative estimate of drug-likeness (QED) is 0.757. The standard InChI is InChI=1S/C9H12N2O4/c1-5-6(2)15-9(11-5)8(14)10-4-3-7(12)13/h3-4H2,1-2H3,(H,10,14)(H,12,13). The Morgan fingerprint density at radius 2 is 2.13 bits per heavy atom. The molecule has 0 spiro atoms. The first-order valence-electron chi connectivity index (χ1n) is 4.44. The van der Waals surface area contributed by atoms with Crippen molar-refractivity contribution in [3.63, 3.8) is 0 Å². The molecule has 1 amide bonds. The number of hydrogen-bond acceptors (Lipinski definition) is 4. The number of aliphatic carboxylic acids is 1. The van der Waals surface area contributed by atoms with Crippen LogP contribution in [0, 0.1) is 13.8 Å². The number of hydrogen-bond donors (Lipinski definition) is 2. The van der Waals surface area contributed by atoms with E-state index in [9.17, 15) is 9.59 Å². The Kier molecular flexibility index (Phi) is 3.43. The van der Waals surface area contributed by atoms with Gasteiger partial charge in [0, 0.05) is 6.54 Å². The first-order valence-corrected chi connectivity index (χ1v) is 4.44. The number of carboxylic acids is 1. The number of nitrogens with one attached hydrogen (secondary N) is 1. The summed E-state index contributed by atoms with van der Waals surface area (Å²) in [5.41, 5.74) is 0.651. The van der Waals surface area contributed by atoms with Gasteiger partial charge in [0.25, 0.3) is 5.89 Å². The van der Waals surface area contributed by atoms with Crippen LogP contribution in [-0.4, -0.2) is 28.5 Å². The summed E-state index contributed by atoms with van der Waals surface area (Å²) in [6.45, 7) is 3.50. The average molecular weight is 212 g/mol. The summed E-state index contributed by atoms with van der Waals surface area (Å²) >= 11 is 0. The summed E-state index contributed by atoms with van der Waals surface area (Å²) in [6, 6.07) is 0. The topological polar surface area (TPSA) is 92.4 Å². The second-order valence-electron chi connectivity index (χ2n) is 3.06. The highest BCUT2D eigenvalue weighted by Gasteiger charge is 2.13. The summed E-state index contributed by atoms with van der Waals surface area (Å²) in [6.07, 6.45) is -0.121. The summed E-state index contributed by atoms with van der Waals surface area (Å²) in [5, 5.41) is 10.7. The van der Waals surface area contributed by atoms with Crippen molar-refractivity contribution in [2.45, 2.75) is 20.3 Å². The van der Waals surface area contributed by atoms with Crippen LogP contribution in [0.1, 0.15) is 28.6 Å². The highest BCUT2D eigenvalue weighted by atomic mass is 16.4. The molecule has 1 heterocycles. The lowest BCUT2D eigenvalue weighted by molar-refractivity contribution is -0.136. The zero-order valence-electron chi connectivity index (χ0n) is 8.53. The fourth-order valence-electron chi connectivity index (χ4n) is 0.928. The highest BCUT2D eigenvalue weighted by Crippen LogP contribution is 2.07. The van der Waals surface area contributed by atoms with Gasteiger partial charge in [-0.05, 0) is 13.8 Å². The lowest BCUT2D eigenvalue weighted by Gasteiger charge is -1.98. The molecule has 0 saturated carbocycles. The lowest BCUT2D eigenvalue weighted by Crippen LogP contribution is -2.26. The van der Waals surface area contributed by atoms with Crippen LogP contribution in [0.3, 0.4) is 0 Å². The minimum Gasteiger partial charge on any atom is -0.481 e. The Morgan fingerprint density at radius 3 is 2.60 bits per heavy atom. The molecular weight excluding hydrogens is 200 g/mol. The lowest BCUT2D eigenvalue weighted by atomic mass is 10.4. The fraction of sp³-hybridized carbons (Fsp3) is 0.444.